The summed E-state index contributed by atoms with van der Waals surface area (Å²) in [6.45, 7) is 0. The normalized spacial score (nSPS) is 10.3. The minimum Gasteiger partial charge on any atom is -0.496 e. The van der Waals surface area contributed by atoms with Crippen molar-refractivity contribution in [3.8, 4) is 17.1 Å². The zero-order valence-corrected chi connectivity index (χ0v) is 14.0. The Hall–Kier alpha value is -3.21. The molecule has 2 aromatic carbocycles. The third kappa shape index (κ3) is 4.41. The zero-order valence-electron chi connectivity index (χ0n) is 14.0. The van der Waals surface area contributed by atoms with Crippen LogP contribution in [0.3, 0.4) is 0 Å². The Kier molecular flexibility index (Phi) is 5.36. The topological polar surface area (TPSA) is 64.1 Å². The first-order valence-electron chi connectivity index (χ1n) is 8.05. The van der Waals surface area contributed by atoms with Crippen LogP contribution in [0.15, 0.2) is 67.0 Å². The Bertz CT molecular complexity index is 833. The lowest BCUT2D eigenvalue weighted by atomic mass is 10.1. The predicted octanol–water partition coefficient (Wildman–Crippen LogP) is 3.72. The third-order valence-corrected chi connectivity index (χ3v) is 3.78. The maximum absolute atomic E-state index is 12.1. The maximum Gasteiger partial charge on any atom is 0.224 e. The van der Waals surface area contributed by atoms with E-state index in [9.17, 15) is 4.79 Å². The van der Waals surface area contributed by atoms with Gasteiger partial charge in [0.25, 0.3) is 0 Å². The molecule has 5 nitrogen and oxygen atoms in total. The minimum absolute atomic E-state index is 0.0815. The van der Waals surface area contributed by atoms with Crippen molar-refractivity contribution in [1.29, 1.82) is 0 Å². The van der Waals surface area contributed by atoms with Crippen molar-refractivity contribution in [3.05, 3.63) is 72.6 Å². The second-order valence-corrected chi connectivity index (χ2v) is 5.52. The summed E-state index contributed by atoms with van der Waals surface area (Å²) in [6, 6.07) is 17.4. The molecule has 1 heterocycles. The first kappa shape index (κ1) is 16.6. The van der Waals surface area contributed by atoms with E-state index in [1.54, 1.807) is 19.5 Å². The van der Waals surface area contributed by atoms with Gasteiger partial charge in [0.1, 0.15) is 5.75 Å². The molecule has 0 aliphatic heterocycles. The molecule has 1 amide bonds. The molecule has 5 heteroatoms. The van der Waals surface area contributed by atoms with Crippen molar-refractivity contribution < 1.29 is 9.53 Å². The quantitative estimate of drug-likeness (QED) is 0.746. The molecule has 0 radical (unpaired) electrons. The molecule has 0 saturated carbocycles. The Labute approximate surface area is 146 Å². The lowest BCUT2D eigenvalue weighted by Gasteiger charge is -2.08. The van der Waals surface area contributed by atoms with Gasteiger partial charge in [0.2, 0.25) is 5.91 Å². The molecule has 126 valence electrons. The van der Waals surface area contributed by atoms with Crippen LogP contribution in [0.2, 0.25) is 0 Å². The van der Waals surface area contributed by atoms with Crippen LogP contribution < -0.4 is 10.1 Å². The highest BCUT2D eigenvalue weighted by molar-refractivity contribution is 5.90. The number of methoxy groups -OCH3 is 1. The molecule has 0 aliphatic rings. The summed E-state index contributed by atoms with van der Waals surface area (Å²) in [6.07, 6.45) is 4.21. The van der Waals surface area contributed by atoms with Crippen molar-refractivity contribution in [3.63, 3.8) is 0 Å². The lowest BCUT2D eigenvalue weighted by Crippen LogP contribution is -2.13. The molecule has 3 aromatic rings. The van der Waals surface area contributed by atoms with Gasteiger partial charge in [-0.15, -0.1) is 0 Å². The van der Waals surface area contributed by atoms with Crippen molar-refractivity contribution in [1.82, 2.24) is 9.97 Å². The van der Waals surface area contributed by atoms with E-state index in [1.807, 2.05) is 54.6 Å². The number of hydrogen-bond acceptors (Lipinski definition) is 4. The second kappa shape index (κ2) is 8.06. The molecular formula is C20H19N3O2. The fourth-order valence-corrected chi connectivity index (χ4v) is 2.51. The van der Waals surface area contributed by atoms with Gasteiger partial charge in [0.05, 0.1) is 25.2 Å². The Morgan fingerprint density at radius 2 is 1.68 bits per heavy atom. The van der Waals surface area contributed by atoms with E-state index >= 15 is 0 Å². The maximum atomic E-state index is 12.1. The summed E-state index contributed by atoms with van der Waals surface area (Å²) in [4.78, 5) is 20.7. The molecule has 0 fully saturated rings. The average molecular weight is 333 g/mol. The number of aryl methyl sites for hydroxylation is 1. The largest absolute Gasteiger partial charge is 0.496 e. The van der Waals surface area contributed by atoms with E-state index in [0.29, 0.717) is 24.4 Å². The van der Waals surface area contributed by atoms with Gasteiger partial charge in [-0.05, 0) is 18.1 Å². The standard InChI is InChI=1S/C20H19N3O2/c1-25-18-10-6-5-7-15(18)11-12-19(24)23-17-13-21-20(22-14-17)16-8-3-2-4-9-16/h2-10,13-14H,11-12H2,1H3,(H,23,24). The summed E-state index contributed by atoms with van der Waals surface area (Å²) >= 11 is 0. The van der Waals surface area contributed by atoms with E-state index in [1.165, 1.54) is 0 Å². The molecule has 25 heavy (non-hydrogen) atoms. The van der Waals surface area contributed by atoms with Crippen LogP contribution in [-0.4, -0.2) is 23.0 Å². The molecule has 1 N–H and O–H groups in total. The van der Waals surface area contributed by atoms with E-state index in [-0.39, 0.29) is 5.91 Å². The number of carbonyl (C=O) groups excluding carboxylic acids is 1. The highest BCUT2D eigenvalue weighted by atomic mass is 16.5. The Morgan fingerprint density at radius 1 is 1.00 bits per heavy atom. The zero-order chi connectivity index (χ0) is 17.5. The van der Waals surface area contributed by atoms with Crippen LogP contribution in [0.25, 0.3) is 11.4 Å². The first-order valence-corrected chi connectivity index (χ1v) is 8.05. The fourth-order valence-electron chi connectivity index (χ4n) is 2.51. The van der Waals surface area contributed by atoms with Gasteiger partial charge in [0.15, 0.2) is 5.82 Å². The van der Waals surface area contributed by atoms with E-state index < -0.39 is 0 Å². The molecule has 0 aliphatic carbocycles. The van der Waals surface area contributed by atoms with Gasteiger partial charge in [-0.1, -0.05) is 48.5 Å². The number of para-hydroxylation sites is 1. The number of nitrogens with zero attached hydrogens (tertiary/aromatic N) is 2. The number of hydrogen-bond donors (Lipinski definition) is 1. The lowest BCUT2D eigenvalue weighted by molar-refractivity contribution is -0.116. The molecule has 0 spiro atoms. The van der Waals surface area contributed by atoms with Crippen molar-refractivity contribution in [2.24, 2.45) is 0 Å². The molecule has 3 rings (SSSR count). The SMILES string of the molecule is COc1ccccc1CCC(=O)Nc1cnc(-c2ccccc2)nc1. The van der Waals surface area contributed by atoms with Crippen LogP contribution in [0.1, 0.15) is 12.0 Å². The monoisotopic (exact) mass is 333 g/mol. The number of amides is 1. The summed E-state index contributed by atoms with van der Waals surface area (Å²) in [7, 11) is 1.63. The van der Waals surface area contributed by atoms with E-state index in [4.69, 9.17) is 4.74 Å². The van der Waals surface area contributed by atoms with Gasteiger partial charge in [-0.2, -0.15) is 0 Å². The Balaban J connectivity index is 1.58. The molecule has 0 unspecified atom stereocenters. The molecule has 1 aromatic heterocycles. The van der Waals surface area contributed by atoms with E-state index in [2.05, 4.69) is 15.3 Å². The van der Waals surface area contributed by atoms with Crippen LogP contribution in [-0.2, 0) is 11.2 Å². The van der Waals surface area contributed by atoms with Gasteiger partial charge >= 0.3 is 0 Å². The second-order valence-electron chi connectivity index (χ2n) is 5.52. The number of aromatic nitrogens is 2. The number of anilines is 1. The molecule has 0 saturated heterocycles. The van der Waals surface area contributed by atoms with E-state index in [0.717, 1.165) is 16.9 Å². The number of rotatable bonds is 6. The summed E-state index contributed by atoms with van der Waals surface area (Å²) in [5.74, 6) is 1.35. The smallest absolute Gasteiger partial charge is 0.224 e. The predicted molar refractivity (Wildman–Crippen MR) is 97.4 cm³/mol. The van der Waals surface area contributed by atoms with Gasteiger partial charge in [-0.3, -0.25) is 4.79 Å². The molecular weight excluding hydrogens is 314 g/mol. The highest BCUT2D eigenvalue weighted by Crippen LogP contribution is 2.19. The van der Waals surface area contributed by atoms with Gasteiger partial charge in [-0.25, -0.2) is 9.97 Å². The van der Waals surface area contributed by atoms with Crippen molar-refractivity contribution in [2.45, 2.75) is 12.8 Å². The number of benzene rings is 2. The van der Waals surface area contributed by atoms with Crippen LogP contribution in [0.4, 0.5) is 5.69 Å². The summed E-state index contributed by atoms with van der Waals surface area (Å²) < 4.78 is 5.30. The van der Waals surface area contributed by atoms with Crippen LogP contribution in [0, 0.1) is 0 Å². The molecule has 0 atom stereocenters. The van der Waals surface area contributed by atoms with Crippen LogP contribution in [0.5, 0.6) is 5.75 Å². The number of carbonyl (C=O) groups is 1. The Morgan fingerprint density at radius 3 is 2.40 bits per heavy atom. The number of nitrogens with one attached hydrogen (secondary N) is 1. The van der Waals surface area contributed by atoms with Gasteiger partial charge in [0, 0.05) is 12.0 Å². The van der Waals surface area contributed by atoms with Crippen LogP contribution >= 0.6 is 0 Å². The highest BCUT2D eigenvalue weighted by Gasteiger charge is 2.08. The van der Waals surface area contributed by atoms with Crippen molar-refractivity contribution >= 4 is 11.6 Å². The fraction of sp³-hybridized carbons (Fsp3) is 0.150. The van der Waals surface area contributed by atoms with Crippen molar-refractivity contribution in [2.75, 3.05) is 12.4 Å². The summed E-state index contributed by atoms with van der Waals surface area (Å²) in [5, 5.41) is 2.82. The molecule has 0 bridgehead atoms. The number of ether oxygens (including phenoxy) is 1. The first-order chi connectivity index (χ1) is 12.3. The van der Waals surface area contributed by atoms with Gasteiger partial charge < -0.3 is 10.1 Å². The average Bonchev–Trinajstić information content (AvgIpc) is 2.68. The third-order valence-electron chi connectivity index (χ3n) is 3.78. The minimum atomic E-state index is -0.0815. The summed E-state index contributed by atoms with van der Waals surface area (Å²) in [5.41, 5.74) is 2.54.